The molecule has 2 amide bonds. The summed E-state index contributed by atoms with van der Waals surface area (Å²) >= 11 is 0. The number of carbonyl (C=O) groups is 2. The minimum absolute atomic E-state index is 0.0379. The maximum atomic E-state index is 13.6. The van der Waals surface area contributed by atoms with Gasteiger partial charge in [-0.25, -0.2) is 4.39 Å². The monoisotopic (exact) mass is 567 g/mol. The highest BCUT2D eigenvalue weighted by atomic mass is 19.4. The Labute approximate surface area is 236 Å². The van der Waals surface area contributed by atoms with E-state index >= 15 is 0 Å². The van der Waals surface area contributed by atoms with Gasteiger partial charge in [-0.3, -0.25) is 9.59 Å². The first-order valence-corrected chi connectivity index (χ1v) is 14.0. The van der Waals surface area contributed by atoms with Crippen LogP contribution in [0.2, 0.25) is 0 Å². The first kappa shape index (κ1) is 28.8. The number of carbonyl (C=O) groups excluding carboxylic acids is 2. The minimum atomic E-state index is -4.50. The van der Waals surface area contributed by atoms with Crippen LogP contribution in [0.1, 0.15) is 53.6 Å². The normalized spacial score (nSPS) is 16.6. The van der Waals surface area contributed by atoms with E-state index in [-0.39, 0.29) is 17.8 Å². The molecule has 1 saturated heterocycles. The zero-order valence-electron chi connectivity index (χ0n) is 22.6. The molecule has 41 heavy (non-hydrogen) atoms. The fraction of sp³-hybridized carbons (Fsp3) is 0.375. The van der Waals surface area contributed by atoms with Gasteiger partial charge in [0.05, 0.1) is 0 Å². The van der Waals surface area contributed by atoms with Gasteiger partial charge in [0.25, 0.3) is 5.91 Å². The molecule has 3 aromatic rings. The van der Waals surface area contributed by atoms with Gasteiger partial charge in [-0.05, 0) is 78.7 Å². The van der Waals surface area contributed by atoms with Crippen molar-refractivity contribution >= 4 is 11.8 Å². The summed E-state index contributed by atoms with van der Waals surface area (Å²) in [6.45, 7) is 1.03. The van der Waals surface area contributed by atoms with E-state index in [0.29, 0.717) is 18.4 Å². The summed E-state index contributed by atoms with van der Waals surface area (Å²) in [5, 5.41) is 5.21. The first-order chi connectivity index (χ1) is 19.7. The van der Waals surface area contributed by atoms with E-state index in [1.54, 1.807) is 0 Å². The molecule has 0 bridgehead atoms. The average molecular weight is 568 g/mol. The molecule has 0 spiro atoms. The Bertz CT molecular complexity index is 1340. The summed E-state index contributed by atoms with van der Waals surface area (Å²) in [4.78, 5) is 28.4. The Hall–Kier alpha value is -3.72. The van der Waals surface area contributed by atoms with Gasteiger partial charge in [0.2, 0.25) is 5.91 Å². The molecule has 1 aliphatic carbocycles. The lowest BCUT2D eigenvalue weighted by Crippen LogP contribution is -2.47. The van der Waals surface area contributed by atoms with E-state index < -0.39 is 24.0 Å². The highest BCUT2D eigenvalue weighted by Gasteiger charge is 2.49. The Balaban J connectivity index is 1.20. The molecule has 0 radical (unpaired) electrons. The quantitative estimate of drug-likeness (QED) is 0.253. The fourth-order valence-corrected chi connectivity index (χ4v) is 6.18. The maximum Gasteiger partial charge on any atom is 0.405 e. The number of rotatable bonds is 9. The average Bonchev–Trinajstić information content (AvgIpc) is 3.25. The van der Waals surface area contributed by atoms with Crippen molar-refractivity contribution in [1.82, 2.24) is 15.5 Å². The summed E-state index contributed by atoms with van der Waals surface area (Å²) in [6, 6.07) is 20.5. The van der Waals surface area contributed by atoms with Gasteiger partial charge in [-0.2, -0.15) is 13.2 Å². The van der Waals surface area contributed by atoms with Gasteiger partial charge in [0, 0.05) is 24.7 Å². The zero-order chi connectivity index (χ0) is 29.0. The fourth-order valence-electron chi connectivity index (χ4n) is 6.18. The third kappa shape index (κ3) is 6.30. The van der Waals surface area contributed by atoms with Gasteiger partial charge in [0.1, 0.15) is 17.8 Å². The van der Waals surface area contributed by atoms with Gasteiger partial charge >= 0.3 is 6.18 Å². The van der Waals surface area contributed by atoms with Crippen molar-refractivity contribution in [2.45, 2.75) is 49.7 Å². The molecular weight excluding hydrogens is 534 g/mol. The minimum Gasteiger partial charge on any atom is -0.349 e. The number of alkyl halides is 3. The first-order valence-electron chi connectivity index (χ1n) is 14.0. The Kier molecular flexibility index (Phi) is 8.45. The van der Waals surface area contributed by atoms with Crippen LogP contribution in [0, 0.1) is 5.82 Å². The van der Waals surface area contributed by atoms with Crippen molar-refractivity contribution in [2.24, 2.45) is 0 Å². The molecular formula is C32H33F4N3O2. The molecule has 0 aromatic heterocycles. The molecule has 1 fully saturated rings. The summed E-state index contributed by atoms with van der Waals surface area (Å²) in [5.41, 5.74) is 2.51. The van der Waals surface area contributed by atoms with Crippen LogP contribution in [0.5, 0.6) is 0 Å². The Morgan fingerprint density at radius 2 is 1.44 bits per heavy atom. The summed E-state index contributed by atoms with van der Waals surface area (Å²) in [5.74, 6) is -1.22. The van der Waals surface area contributed by atoms with Crippen molar-refractivity contribution in [3.8, 4) is 11.1 Å². The predicted molar refractivity (Wildman–Crippen MR) is 149 cm³/mol. The summed E-state index contributed by atoms with van der Waals surface area (Å²) in [7, 11) is 0. The molecule has 0 saturated carbocycles. The van der Waals surface area contributed by atoms with Gasteiger partial charge in [-0.15, -0.1) is 0 Å². The molecule has 1 heterocycles. The maximum absolute atomic E-state index is 13.6. The summed E-state index contributed by atoms with van der Waals surface area (Å²) < 4.78 is 52.4. The van der Waals surface area contributed by atoms with Crippen LogP contribution >= 0.6 is 0 Å². The van der Waals surface area contributed by atoms with Crippen molar-refractivity contribution in [2.75, 3.05) is 26.2 Å². The number of hydrogen-bond acceptors (Lipinski definition) is 3. The number of nitrogens with zero attached hydrogens (tertiary/aromatic N) is 1. The second kappa shape index (κ2) is 12.0. The van der Waals surface area contributed by atoms with Crippen LogP contribution in [0.4, 0.5) is 17.6 Å². The number of amides is 2. The van der Waals surface area contributed by atoms with Crippen LogP contribution in [0.15, 0.2) is 72.8 Å². The second-order valence-corrected chi connectivity index (χ2v) is 10.8. The zero-order valence-corrected chi connectivity index (χ0v) is 22.6. The number of likely N-dealkylation sites (tertiary alicyclic amines) is 1. The number of hydrogen-bond donors (Lipinski definition) is 2. The molecule has 9 heteroatoms. The summed E-state index contributed by atoms with van der Waals surface area (Å²) in [6.07, 6.45) is -1.09. The number of unbranched alkanes of at least 4 members (excludes halogenated alkanes) is 1. The van der Waals surface area contributed by atoms with Gasteiger partial charge < -0.3 is 15.5 Å². The lowest BCUT2D eigenvalue weighted by molar-refractivity contribution is -0.141. The predicted octanol–water partition coefficient (Wildman–Crippen LogP) is 5.84. The molecule has 0 atom stereocenters. The SMILES string of the molecule is O=C(NC1CCN(CCCCC2(C(=O)NCC(F)(F)F)c3ccccc3-c3ccccc32)CC1)c1ccc(F)cc1. The molecule has 5 nitrogen and oxygen atoms in total. The molecule has 2 aliphatic rings. The number of fused-ring (bicyclic) bond motifs is 3. The second-order valence-electron chi connectivity index (χ2n) is 10.8. The van der Waals surface area contributed by atoms with Gasteiger partial charge in [-0.1, -0.05) is 55.0 Å². The third-order valence-corrected chi connectivity index (χ3v) is 8.21. The van der Waals surface area contributed by atoms with E-state index in [9.17, 15) is 27.2 Å². The van der Waals surface area contributed by atoms with E-state index in [0.717, 1.165) is 61.2 Å². The Morgan fingerprint density at radius 3 is 2.02 bits per heavy atom. The highest BCUT2D eigenvalue weighted by Crippen LogP contribution is 2.51. The van der Waals surface area contributed by atoms with E-state index in [2.05, 4.69) is 15.5 Å². The van der Waals surface area contributed by atoms with E-state index in [4.69, 9.17) is 0 Å². The lowest BCUT2D eigenvalue weighted by atomic mass is 9.73. The highest BCUT2D eigenvalue weighted by molar-refractivity contribution is 6.00. The smallest absolute Gasteiger partial charge is 0.349 e. The van der Waals surface area contributed by atoms with Crippen LogP contribution in [-0.2, 0) is 10.2 Å². The van der Waals surface area contributed by atoms with Crippen molar-refractivity contribution in [1.29, 1.82) is 0 Å². The molecule has 2 N–H and O–H groups in total. The third-order valence-electron chi connectivity index (χ3n) is 8.21. The van der Waals surface area contributed by atoms with E-state index in [1.165, 1.54) is 24.3 Å². The van der Waals surface area contributed by atoms with E-state index in [1.807, 2.05) is 48.5 Å². The molecule has 3 aromatic carbocycles. The molecule has 1 aliphatic heterocycles. The topological polar surface area (TPSA) is 61.4 Å². The lowest BCUT2D eigenvalue weighted by Gasteiger charge is -2.33. The number of halogens is 4. The molecule has 0 unspecified atom stereocenters. The van der Waals surface area contributed by atoms with Crippen molar-refractivity contribution in [3.05, 3.63) is 95.3 Å². The number of piperidine rings is 1. The van der Waals surface area contributed by atoms with Crippen molar-refractivity contribution < 1.29 is 27.2 Å². The van der Waals surface area contributed by atoms with Crippen LogP contribution < -0.4 is 10.6 Å². The molecule has 216 valence electrons. The number of nitrogens with one attached hydrogen (secondary N) is 2. The number of benzene rings is 3. The standard InChI is InChI=1S/C32H33F4N3O2/c33-23-13-11-22(12-14-23)29(40)38-24-15-19-39(20-16-24)18-6-5-17-31(30(41)37-21-32(34,35)36)27-9-3-1-7-25(27)26-8-2-4-10-28(26)31/h1-4,7-14,24H,5-6,15-21H2,(H,37,41)(H,38,40). The van der Waals surface area contributed by atoms with Gasteiger partial charge in [0.15, 0.2) is 0 Å². The van der Waals surface area contributed by atoms with Crippen LogP contribution in [0.3, 0.4) is 0 Å². The Morgan fingerprint density at radius 1 is 0.854 bits per heavy atom. The largest absolute Gasteiger partial charge is 0.405 e. The van der Waals surface area contributed by atoms with Crippen LogP contribution in [0.25, 0.3) is 11.1 Å². The molecule has 5 rings (SSSR count). The van der Waals surface area contributed by atoms with Crippen molar-refractivity contribution in [3.63, 3.8) is 0 Å². The van der Waals surface area contributed by atoms with Crippen LogP contribution in [-0.4, -0.2) is 55.1 Å².